The molecule has 188 valence electrons. The van der Waals surface area contributed by atoms with Gasteiger partial charge in [-0.05, 0) is 48.7 Å². The number of nitrogens with two attached hydrogens (primary N) is 2. The van der Waals surface area contributed by atoms with Crippen molar-refractivity contribution in [1.29, 1.82) is 0 Å². The Bertz CT molecular complexity index is 1130. The third kappa shape index (κ3) is 6.99. The zero-order valence-corrected chi connectivity index (χ0v) is 19.2. The van der Waals surface area contributed by atoms with Crippen molar-refractivity contribution in [2.75, 3.05) is 24.1 Å². The summed E-state index contributed by atoms with van der Waals surface area (Å²) < 4.78 is 38.8. The zero-order valence-electron chi connectivity index (χ0n) is 18.4. The summed E-state index contributed by atoms with van der Waals surface area (Å²) in [6, 6.07) is 6.77. The highest BCUT2D eigenvalue weighted by atomic mass is 35.5. The summed E-state index contributed by atoms with van der Waals surface area (Å²) in [6.45, 7) is 0.703. The monoisotopic (exact) mass is 512 g/mol. The SMILES string of the molecule is NC(=O)Nc1cc(CN2CCCC2NC(=O)CNC(=O)c2cc(C(F)(F)F)ccc2N)ccc1Cl. The van der Waals surface area contributed by atoms with Crippen LogP contribution < -0.4 is 27.4 Å². The second kappa shape index (κ2) is 10.8. The minimum absolute atomic E-state index is 0.133. The zero-order chi connectivity index (χ0) is 25.8. The van der Waals surface area contributed by atoms with Crippen LogP contribution in [0.15, 0.2) is 36.4 Å². The lowest BCUT2D eigenvalue weighted by Crippen LogP contribution is -2.47. The summed E-state index contributed by atoms with van der Waals surface area (Å²) in [5.41, 5.74) is 10.5. The molecular weight excluding hydrogens is 489 g/mol. The number of benzene rings is 2. The summed E-state index contributed by atoms with van der Waals surface area (Å²) in [4.78, 5) is 37.9. The van der Waals surface area contributed by atoms with E-state index in [9.17, 15) is 27.6 Å². The number of carbonyl (C=O) groups excluding carboxylic acids is 3. The number of hydrogen-bond acceptors (Lipinski definition) is 5. The second-order valence-corrected chi connectivity index (χ2v) is 8.39. The minimum atomic E-state index is -4.63. The van der Waals surface area contributed by atoms with Crippen LogP contribution in [0.5, 0.6) is 0 Å². The maximum Gasteiger partial charge on any atom is 0.416 e. The first kappa shape index (κ1) is 26.1. The summed E-state index contributed by atoms with van der Waals surface area (Å²) in [6.07, 6.45) is -3.47. The van der Waals surface area contributed by atoms with Gasteiger partial charge in [-0.25, -0.2) is 4.79 Å². The third-order valence-electron chi connectivity index (χ3n) is 5.40. The molecular formula is C22H24ClF3N6O3. The number of anilines is 2. The lowest BCUT2D eigenvalue weighted by Gasteiger charge is -2.25. The highest BCUT2D eigenvalue weighted by Gasteiger charge is 2.32. The number of nitrogens with one attached hydrogen (secondary N) is 3. The van der Waals surface area contributed by atoms with Crippen LogP contribution in [-0.2, 0) is 17.5 Å². The number of alkyl halides is 3. The highest BCUT2D eigenvalue weighted by molar-refractivity contribution is 6.33. The van der Waals surface area contributed by atoms with Gasteiger partial charge >= 0.3 is 12.2 Å². The van der Waals surface area contributed by atoms with Gasteiger partial charge in [-0.15, -0.1) is 0 Å². The van der Waals surface area contributed by atoms with Crippen LogP contribution in [0.25, 0.3) is 0 Å². The van der Waals surface area contributed by atoms with Crippen LogP contribution in [0.2, 0.25) is 5.02 Å². The Morgan fingerprint density at radius 2 is 1.89 bits per heavy atom. The Hall–Kier alpha value is -3.51. The Kier molecular flexibility index (Phi) is 8.07. The minimum Gasteiger partial charge on any atom is -0.398 e. The molecule has 9 nitrogen and oxygen atoms in total. The molecule has 1 unspecified atom stereocenters. The molecule has 0 saturated carbocycles. The number of nitrogens with zero attached hydrogens (tertiary/aromatic N) is 1. The molecule has 13 heteroatoms. The number of likely N-dealkylation sites (tertiary alicyclic amines) is 1. The molecule has 1 aliphatic rings. The standard InChI is InChI=1S/C22H24ClF3N6O3/c23-15-5-3-12(8-17(15)30-21(28)35)11-32-7-1-2-18(32)31-19(33)10-29-20(34)14-9-13(22(24,25)26)4-6-16(14)27/h3-6,8-9,18H,1-2,7,10-11,27H2,(H,29,34)(H,31,33)(H3,28,30,35). The number of hydrogen-bond donors (Lipinski definition) is 5. The van der Waals surface area contributed by atoms with Crippen molar-refractivity contribution >= 4 is 40.8 Å². The van der Waals surface area contributed by atoms with Gasteiger partial charge in [-0.1, -0.05) is 17.7 Å². The van der Waals surface area contributed by atoms with Crippen LogP contribution in [-0.4, -0.2) is 42.0 Å². The van der Waals surface area contributed by atoms with Crippen molar-refractivity contribution < 1.29 is 27.6 Å². The number of carbonyl (C=O) groups is 3. The summed E-state index contributed by atoms with van der Waals surface area (Å²) in [5.74, 6) is -1.39. The fourth-order valence-electron chi connectivity index (χ4n) is 3.73. The Labute approximate surface area is 204 Å². The van der Waals surface area contributed by atoms with Crippen LogP contribution in [0.3, 0.4) is 0 Å². The van der Waals surface area contributed by atoms with Gasteiger partial charge in [-0.3, -0.25) is 14.5 Å². The van der Waals surface area contributed by atoms with E-state index in [1.165, 1.54) is 0 Å². The summed E-state index contributed by atoms with van der Waals surface area (Å²) in [5, 5.41) is 7.89. The van der Waals surface area contributed by atoms with Crippen LogP contribution >= 0.6 is 11.6 Å². The van der Waals surface area contributed by atoms with E-state index in [1.807, 2.05) is 4.90 Å². The average Bonchev–Trinajstić information content (AvgIpc) is 3.19. The van der Waals surface area contributed by atoms with Gasteiger partial charge in [0, 0.05) is 18.8 Å². The molecule has 1 saturated heterocycles. The van der Waals surface area contributed by atoms with Gasteiger partial charge < -0.3 is 27.4 Å². The lowest BCUT2D eigenvalue weighted by molar-refractivity contribution is -0.137. The van der Waals surface area contributed by atoms with Gasteiger partial charge in [0.2, 0.25) is 5.91 Å². The third-order valence-corrected chi connectivity index (χ3v) is 5.73. The molecule has 0 spiro atoms. The van der Waals surface area contributed by atoms with E-state index >= 15 is 0 Å². The molecule has 7 N–H and O–H groups in total. The molecule has 0 aliphatic carbocycles. The van der Waals surface area contributed by atoms with E-state index in [1.54, 1.807) is 18.2 Å². The molecule has 1 atom stereocenters. The molecule has 1 heterocycles. The Morgan fingerprint density at radius 3 is 2.57 bits per heavy atom. The number of rotatable bonds is 7. The van der Waals surface area contributed by atoms with Crippen molar-refractivity contribution in [3.8, 4) is 0 Å². The van der Waals surface area contributed by atoms with E-state index in [0.717, 1.165) is 24.1 Å². The fourth-order valence-corrected chi connectivity index (χ4v) is 3.90. The number of primary amides is 1. The molecule has 0 aromatic heterocycles. The number of urea groups is 1. The largest absolute Gasteiger partial charge is 0.416 e. The fraction of sp³-hybridized carbons (Fsp3) is 0.318. The average molecular weight is 513 g/mol. The molecule has 0 bridgehead atoms. The first-order valence-corrected chi connectivity index (χ1v) is 10.9. The first-order valence-electron chi connectivity index (χ1n) is 10.6. The lowest BCUT2D eigenvalue weighted by atomic mass is 10.1. The smallest absolute Gasteiger partial charge is 0.398 e. The molecule has 0 radical (unpaired) electrons. The number of amides is 4. The van der Waals surface area contributed by atoms with E-state index in [4.69, 9.17) is 23.1 Å². The summed E-state index contributed by atoms with van der Waals surface area (Å²) in [7, 11) is 0. The van der Waals surface area contributed by atoms with Crippen LogP contribution in [0, 0.1) is 0 Å². The van der Waals surface area contributed by atoms with E-state index in [0.29, 0.717) is 36.3 Å². The van der Waals surface area contributed by atoms with Gasteiger partial charge in [0.1, 0.15) is 0 Å². The molecule has 3 rings (SSSR count). The highest BCUT2D eigenvalue weighted by Crippen LogP contribution is 2.31. The first-order chi connectivity index (χ1) is 16.4. The molecule has 1 aliphatic heterocycles. The van der Waals surface area contributed by atoms with Crippen molar-refractivity contribution in [2.24, 2.45) is 5.73 Å². The quantitative estimate of drug-likeness (QED) is 0.362. The van der Waals surface area contributed by atoms with Crippen LogP contribution in [0.4, 0.5) is 29.3 Å². The van der Waals surface area contributed by atoms with Crippen molar-refractivity contribution in [2.45, 2.75) is 31.7 Å². The number of nitrogen functional groups attached to an aromatic ring is 1. The Morgan fingerprint density at radius 1 is 1.14 bits per heavy atom. The second-order valence-electron chi connectivity index (χ2n) is 7.98. The molecule has 2 aromatic rings. The van der Waals surface area contributed by atoms with E-state index in [-0.39, 0.29) is 17.4 Å². The van der Waals surface area contributed by atoms with Crippen molar-refractivity contribution in [3.63, 3.8) is 0 Å². The van der Waals surface area contributed by atoms with Gasteiger partial charge in [0.05, 0.1) is 34.5 Å². The van der Waals surface area contributed by atoms with E-state index in [2.05, 4.69) is 16.0 Å². The molecule has 4 amide bonds. The maximum absolute atomic E-state index is 12.9. The number of halogens is 4. The van der Waals surface area contributed by atoms with Crippen molar-refractivity contribution in [3.05, 3.63) is 58.1 Å². The van der Waals surface area contributed by atoms with Gasteiger partial charge in [0.15, 0.2) is 0 Å². The van der Waals surface area contributed by atoms with Gasteiger partial charge in [-0.2, -0.15) is 13.2 Å². The van der Waals surface area contributed by atoms with Crippen molar-refractivity contribution in [1.82, 2.24) is 15.5 Å². The molecule has 35 heavy (non-hydrogen) atoms. The van der Waals surface area contributed by atoms with Gasteiger partial charge in [0.25, 0.3) is 5.91 Å². The maximum atomic E-state index is 12.9. The molecule has 2 aromatic carbocycles. The van der Waals surface area contributed by atoms with E-state index < -0.39 is 36.1 Å². The molecule has 1 fully saturated rings. The normalized spacial score (nSPS) is 16.1. The predicted octanol–water partition coefficient (Wildman–Crippen LogP) is 2.90. The van der Waals surface area contributed by atoms with Crippen LogP contribution in [0.1, 0.15) is 34.3 Å². The summed E-state index contributed by atoms with van der Waals surface area (Å²) >= 11 is 6.06. The topological polar surface area (TPSA) is 143 Å². The Balaban J connectivity index is 1.57. The predicted molar refractivity (Wildman–Crippen MR) is 124 cm³/mol.